The number of hydrogen-bond donors (Lipinski definition) is 0. The number of likely N-dealkylation sites (N-methyl/N-ethyl adjacent to an activating group) is 1. The standard InChI is InChI=1S/C18H24INO4/c1-20(17-14(19)4-3-5-15(17)22-2)16(21)12-13-6-8-18(9-7-13)23-10-11-24-18/h4,6H,3,5,7-12H2,1-2H3. The molecule has 0 unspecified atom stereocenters. The number of nitrogens with zero attached hydrogens (tertiary/aromatic N) is 1. The van der Waals surface area contributed by atoms with E-state index in [9.17, 15) is 4.79 Å². The molecule has 1 spiro atoms. The van der Waals surface area contributed by atoms with Crippen molar-refractivity contribution >= 4 is 28.5 Å². The van der Waals surface area contributed by atoms with Crippen LogP contribution in [0, 0.1) is 0 Å². The molecule has 0 aromatic rings. The van der Waals surface area contributed by atoms with E-state index in [2.05, 4.69) is 34.7 Å². The molecule has 3 aliphatic rings. The summed E-state index contributed by atoms with van der Waals surface area (Å²) in [6.07, 6.45) is 8.94. The molecule has 2 aliphatic carbocycles. The summed E-state index contributed by atoms with van der Waals surface area (Å²) in [4.78, 5) is 14.5. The Bertz CT molecular complexity index is 602. The topological polar surface area (TPSA) is 48.0 Å². The summed E-state index contributed by atoms with van der Waals surface area (Å²) in [5.41, 5.74) is 2.08. The van der Waals surface area contributed by atoms with E-state index in [0.29, 0.717) is 19.6 Å². The van der Waals surface area contributed by atoms with Crippen LogP contribution in [0.2, 0.25) is 0 Å². The van der Waals surface area contributed by atoms with Crippen LogP contribution in [0.5, 0.6) is 0 Å². The Morgan fingerprint density at radius 1 is 1.33 bits per heavy atom. The molecule has 0 bridgehead atoms. The lowest BCUT2D eigenvalue weighted by atomic mass is 9.92. The highest BCUT2D eigenvalue weighted by Gasteiger charge is 2.38. The van der Waals surface area contributed by atoms with E-state index in [1.54, 1.807) is 12.0 Å². The van der Waals surface area contributed by atoms with Crippen molar-refractivity contribution in [1.29, 1.82) is 0 Å². The number of carbonyl (C=O) groups excluding carboxylic acids is 1. The normalized spacial score (nSPS) is 23.1. The molecule has 0 radical (unpaired) electrons. The quantitative estimate of drug-likeness (QED) is 0.490. The Labute approximate surface area is 156 Å². The molecule has 1 fully saturated rings. The number of carbonyl (C=O) groups is 1. The smallest absolute Gasteiger partial charge is 0.230 e. The minimum Gasteiger partial charge on any atom is -0.499 e. The van der Waals surface area contributed by atoms with Gasteiger partial charge in [0, 0.05) is 36.3 Å². The number of amides is 1. The van der Waals surface area contributed by atoms with Gasteiger partial charge >= 0.3 is 0 Å². The fourth-order valence-electron chi connectivity index (χ4n) is 3.44. The van der Waals surface area contributed by atoms with E-state index in [1.807, 2.05) is 7.05 Å². The molecule has 5 nitrogen and oxygen atoms in total. The average Bonchev–Trinajstić information content (AvgIpc) is 3.04. The van der Waals surface area contributed by atoms with Gasteiger partial charge in [0.25, 0.3) is 0 Å². The second-order valence-electron chi connectivity index (χ2n) is 6.37. The van der Waals surface area contributed by atoms with Crippen LogP contribution in [0.3, 0.4) is 0 Å². The van der Waals surface area contributed by atoms with Crippen molar-refractivity contribution in [2.75, 3.05) is 27.4 Å². The van der Waals surface area contributed by atoms with E-state index in [-0.39, 0.29) is 5.91 Å². The Hall–Kier alpha value is -0.860. The van der Waals surface area contributed by atoms with Gasteiger partial charge < -0.3 is 19.1 Å². The second kappa shape index (κ2) is 7.58. The first-order valence-electron chi connectivity index (χ1n) is 8.40. The zero-order valence-electron chi connectivity index (χ0n) is 14.3. The Kier molecular flexibility index (Phi) is 5.66. The first kappa shape index (κ1) is 17.9. The molecule has 1 heterocycles. The van der Waals surface area contributed by atoms with Crippen LogP contribution in [0.25, 0.3) is 0 Å². The number of allylic oxidation sites excluding steroid dienone is 3. The molecule has 0 saturated carbocycles. The summed E-state index contributed by atoms with van der Waals surface area (Å²) >= 11 is 2.28. The minimum absolute atomic E-state index is 0.0967. The number of hydrogen-bond acceptors (Lipinski definition) is 4. The molecular weight excluding hydrogens is 421 g/mol. The second-order valence-corrected chi connectivity index (χ2v) is 7.53. The molecule has 0 N–H and O–H groups in total. The van der Waals surface area contributed by atoms with Crippen molar-refractivity contribution in [3.63, 3.8) is 0 Å². The summed E-state index contributed by atoms with van der Waals surface area (Å²) in [5.74, 6) is 0.563. The van der Waals surface area contributed by atoms with Crippen LogP contribution in [-0.2, 0) is 19.0 Å². The van der Waals surface area contributed by atoms with E-state index >= 15 is 0 Å². The Balaban J connectivity index is 1.65. The van der Waals surface area contributed by atoms with Gasteiger partial charge in [-0.05, 0) is 35.4 Å². The third kappa shape index (κ3) is 3.70. The highest BCUT2D eigenvalue weighted by atomic mass is 127. The van der Waals surface area contributed by atoms with Gasteiger partial charge in [-0.15, -0.1) is 0 Å². The maximum absolute atomic E-state index is 12.7. The number of rotatable bonds is 4. The van der Waals surface area contributed by atoms with E-state index < -0.39 is 5.79 Å². The molecule has 6 heteroatoms. The molecular formula is C18H24INO4. The predicted octanol–water partition coefficient (Wildman–Crippen LogP) is 3.66. The van der Waals surface area contributed by atoms with Crippen molar-refractivity contribution in [3.8, 4) is 0 Å². The lowest BCUT2D eigenvalue weighted by Gasteiger charge is -2.31. The molecule has 0 atom stereocenters. The van der Waals surface area contributed by atoms with Gasteiger partial charge in [0.05, 0.1) is 26.0 Å². The first-order valence-corrected chi connectivity index (χ1v) is 9.48. The summed E-state index contributed by atoms with van der Waals surface area (Å²) in [6, 6.07) is 0. The van der Waals surface area contributed by atoms with Crippen LogP contribution in [0.1, 0.15) is 38.5 Å². The van der Waals surface area contributed by atoms with Gasteiger partial charge in [-0.2, -0.15) is 0 Å². The van der Waals surface area contributed by atoms with Crippen molar-refractivity contribution in [2.24, 2.45) is 0 Å². The van der Waals surface area contributed by atoms with Gasteiger partial charge in [-0.25, -0.2) is 0 Å². The summed E-state index contributed by atoms with van der Waals surface area (Å²) in [5, 5.41) is 0. The van der Waals surface area contributed by atoms with Gasteiger partial charge in [-0.1, -0.05) is 17.7 Å². The van der Waals surface area contributed by atoms with Gasteiger partial charge in [0.2, 0.25) is 5.91 Å². The third-order valence-electron chi connectivity index (χ3n) is 4.86. The van der Waals surface area contributed by atoms with Gasteiger partial charge in [0.15, 0.2) is 5.79 Å². The third-order valence-corrected chi connectivity index (χ3v) is 5.81. The summed E-state index contributed by atoms with van der Waals surface area (Å²) in [7, 11) is 3.51. The minimum atomic E-state index is -0.425. The van der Waals surface area contributed by atoms with E-state index in [1.165, 1.54) is 5.57 Å². The molecule has 1 amide bonds. The fraction of sp³-hybridized carbons (Fsp3) is 0.611. The Morgan fingerprint density at radius 2 is 2.08 bits per heavy atom. The number of methoxy groups -OCH3 is 1. The molecule has 3 rings (SSSR count). The van der Waals surface area contributed by atoms with Gasteiger partial charge in [0.1, 0.15) is 5.76 Å². The van der Waals surface area contributed by atoms with Crippen molar-refractivity contribution in [1.82, 2.24) is 4.90 Å². The fourth-order valence-corrected chi connectivity index (χ4v) is 4.41. The zero-order valence-corrected chi connectivity index (χ0v) is 16.4. The van der Waals surface area contributed by atoms with Crippen LogP contribution < -0.4 is 0 Å². The first-order chi connectivity index (χ1) is 11.5. The monoisotopic (exact) mass is 445 g/mol. The van der Waals surface area contributed by atoms with Crippen LogP contribution in [0.4, 0.5) is 0 Å². The number of halogens is 1. The SMILES string of the molecule is COC1=C(N(C)C(=O)CC2=CCC3(CC2)OCCO3)C(I)=CCC1. The molecule has 132 valence electrons. The molecule has 1 saturated heterocycles. The maximum atomic E-state index is 12.7. The van der Waals surface area contributed by atoms with E-state index in [0.717, 1.165) is 47.1 Å². The van der Waals surface area contributed by atoms with Gasteiger partial charge in [-0.3, -0.25) is 4.79 Å². The average molecular weight is 445 g/mol. The molecule has 1 aliphatic heterocycles. The molecule has 0 aromatic carbocycles. The zero-order chi connectivity index (χ0) is 17.2. The maximum Gasteiger partial charge on any atom is 0.230 e. The molecule has 0 aromatic heterocycles. The summed E-state index contributed by atoms with van der Waals surface area (Å²) < 4.78 is 18.0. The Morgan fingerprint density at radius 3 is 2.71 bits per heavy atom. The number of ether oxygens (including phenoxy) is 3. The predicted molar refractivity (Wildman–Crippen MR) is 99.3 cm³/mol. The van der Waals surface area contributed by atoms with Crippen molar-refractivity contribution in [2.45, 2.75) is 44.3 Å². The lowest BCUT2D eigenvalue weighted by Crippen LogP contribution is -2.33. The summed E-state index contributed by atoms with van der Waals surface area (Å²) in [6.45, 7) is 1.34. The molecule has 24 heavy (non-hydrogen) atoms. The van der Waals surface area contributed by atoms with Crippen LogP contribution in [0.15, 0.2) is 32.8 Å². The highest BCUT2D eigenvalue weighted by Crippen LogP contribution is 2.37. The largest absolute Gasteiger partial charge is 0.499 e. The van der Waals surface area contributed by atoms with E-state index in [4.69, 9.17) is 14.2 Å². The van der Waals surface area contributed by atoms with Crippen LogP contribution >= 0.6 is 22.6 Å². The van der Waals surface area contributed by atoms with Crippen molar-refractivity contribution < 1.29 is 19.0 Å². The lowest BCUT2D eigenvalue weighted by molar-refractivity contribution is -0.161. The van der Waals surface area contributed by atoms with Crippen LogP contribution in [-0.4, -0.2) is 44.0 Å². The van der Waals surface area contributed by atoms with Crippen molar-refractivity contribution in [3.05, 3.63) is 32.8 Å². The highest BCUT2D eigenvalue weighted by molar-refractivity contribution is 14.1.